The van der Waals surface area contributed by atoms with Crippen molar-refractivity contribution in [2.45, 2.75) is 19.9 Å². The van der Waals surface area contributed by atoms with Gasteiger partial charge < -0.3 is 29.1 Å². The van der Waals surface area contributed by atoms with Crippen LogP contribution in [-0.2, 0) is 13.0 Å². The predicted octanol–water partition coefficient (Wildman–Crippen LogP) is 2.74. The Hall–Kier alpha value is -3.82. The molecule has 33 heavy (non-hydrogen) atoms. The maximum absolute atomic E-state index is 12.6. The van der Waals surface area contributed by atoms with E-state index in [-0.39, 0.29) is 6.03 Å². The molecule has 1 fully saturated rings. The summed E-state index contributed by atoms with van der Waals surface area (Å²) in [7, 11) is 3.19. The standard InChI is InChI=1S/C23H28N6O4/c1-4-21-26-22(27-33-21)17-6-8-20(24-15-17)28-9-11-29(12-10-28)23(30)25-14-16-5-7-18(31-2)19(13-16)32-3/h5-8,13,15H,4,9-12,14H2,1-3H3,(H,25,30). The zero-order chi connectivity index (χ0) is 23.2. The van der Waals surface area contributed by atoms with Crippen molar-refractivity contribution in [1.82, 2.24) is 25.3 Å². The molecule has 2 aromatic heterocycles. The van der Waals surface area contributed by atoms with E-state index in [2.05, 4.69) is 25.3 Å². The number of aromatic nitrogens is 3. The summed E-state index contributed by atoms with van der Waals surface area (Å²) in [6, 6.07) is 9.41. The van der Waals surface area contributed by atoms with Crippen molar-refractivity contribution in [2.75, 3.05) is 45.3 Å². The summed E-state index contributed by atoms with van der Waals surface area (Å²) in [5.41, 5.74) is 1.76. The van der Waals surface area contributed by atoms with E-state index >= 15 is 0 Å². The Labute approximate surface area is 192 Å². The minimum Gasteiger partial charge on any atom is -0.493 e. The van der Waals surface area contributed by atoms with Gasteiger partial charge in [-0.2, -0.15) is 4.98 Å². The van der Waals surface area contributed by atoms with Gasteiger partial charge in [-0.15, -0.1) is 0 Å². The van der Waals surface area contributed by atoms with E-state index < -0.39 is 0 Å². The number of nitrogens with one attached hydrogen (secondary N) is 1. The molecule has 10 nitrogen and oxygen atoms in total. The monoisotopic (exact) mass is 452 g/mol. The molecule has 3 heterocycles. The summed E-state index contributed by atoms with van der Waals surface area (Å²) in [4.78, 5) is 25.5. The third-order valence-electron chi connectivity index (χ3n) is 5.56. The number of nitrogens with zero attached hydrogens (tertiary/aromatic N) is 5. The molecular weight excluding hydrogens is 424 g/mol. The molecule has 0 radical (unpaired) electrons. The maximum atomic E-state index is 12.6. The summed E-state index contributed by atoms with van der Waals surface area (Å²) >= 11 is 0. The van der Waals surface area contributed by atoms with Crippen LogP contribution in [0.4, 0.5) is 10.6 Å². The molecule has 0 bridgehead atoms. The fourth-order valence-electron chi connectivity index (χ4n) is 3.64. The van der Waals surface area contributed by atoms with Gasteiger partial charge in [0.1, 0.15) is 5.82 Å². The highest BCUT2D eigenvalue weighted by molar-refractivity contribution is 5.74. The lowest BCUT2D eigenvalue weighted by molar-refractivity contribution is 0.194. The Balaban J connectivity index is 1.28. The molecule has 10 heteroatoms. The second-order valence-electron chi connectivity index (χ2n) is 7.59. The number of piperazine rings is 1. The van der Waals surface area contributed by atoms with Crippen LogP contribution in [0.5, 0.6) is 11.5 Å². The number of carbonyl (C=O) groups excluding carboxylic acids is 1. The van der Waals surface area contributed by atoms with E-state index in [9.17, 15) is 4.79 Å². The van der Waals surface area contributed by atoms with E-state index in [4.69, 9.17) is 14.0 Å². The highest BCUT2D eigenvalue weighted by Gasteiger charge is 2.22. The van der Waals surface area contributed by atoms with Gasteiger partial charge in [0.05, 0.1) is 14.2 Å². The van der Waals surface area contributed by atoms with E-state index in [0.29, 0.717) is 62.4 Å². The number of methoxy groups -OCH3 is 2. The Morgan fingerprint density at radius 3 is 2.52 bits per heavy atom. The predicted molar refractivity (Wildman–Crippen MR) is 122 cm³/mol. The number of urea groups is 1. The molecular formula is C23H28N6O4. The largest absolute Gasteiger partial charge is 0.493 e. The SMILES string of the molecule is CCc1nc(-c2ccc(N3CCN(C(=O)NCc4ccc(OC)c(OC)c4)CC3)nc2)no1. The first-order valence-electron chi connectivity index (χ1n) is 10.9. The first-order valence-corrected chi connectivity index (χ1v) is 10.9. The summed E-state index contributed by atoms with van der Waals surface area (Å²) in [6.07, 6.45) is 2.45. The zero-order valence-corrected chi connectivity index (χ0v) is 19.1. The number of aryl methyl sites for hydroxylation is 1. The average Bonchev–Trinajstić information content (AvgIpc) is 3.36. The van der Waals surface area contributed by atoms with Crippen LogP contribution in [0.1, 0.15) is 18.4 Å². The average molecular weight is 453 g/mol. The van der Waals surface area contributed by atoms with Crippen LogP contribution < -0.4 is 19.7 Å². The summed E-state index contributed by atoms with van der Waals surface area (Å²) in [5.74, 6) is 3.31. The van der Waals surface area contributed by atoms with Gasteiger partial charge in [0.25, 0.3) is 0 Å². The number of amides is 2. The summed E-state index contributed by atoms with van der Waals surface area (Å²) < 4.78 is 15.7. The van der Waals surface area contributed by atoms with E-state index in [1.54, 1.807) is 20.4 Å². The molecule has 1 aliphatic heterocycles. The van der Waals surface area contributed by atoms with Gasteiger partial charge in [0.2, 0.25) is 11.7 Å². The molecule has 1 aliphatic rings. The second-order valence-corrected chi connectivity index (χ2v) is 7.59. The second kappa shape index (κ2) is 10.2. The molecule has 1 N–H and O–H groups in total. The van der Waals surface area contributed by atoms with Gasteiger partial charge in [-0.1, -0.05) is 18.1 Å². The lowest BCUT2D eigenvalue weighted by Gasteiger charge is -2.35. The Kier molecular flexibility index (Phi) is 6.92. The van der Waals surface area contributed by atoms with E-state index in [0.717, 1.165) is 16.9 Å². The molecule has 0 aliphatic carbocycles. The van der Waals surface area contributed by atoms with E-state index in [1.165, 1.54) is 0 Å². The molecule has 0 unspecified atom stereocenters. The molecule has 3 aromatic rings. The molecule has 0 atom stereocenters. The molecule has 2 amide bonds. The molecule has 4 rings (SSSR count). The van der Waals surface area contributed by atoms with Gasteiger partial charge in [-0.3, -0.25) is 0 Å². The number of anilines is 1. The Morgan fingerprint density at radius 2 is 1.88 bits per heavy atom. The van der Waals surface area contributed by atoms with Crippen molar-refractivity contribution in [1.29, 1.82) is 0 Å². The van der Waals surface area contributed by atoms with Gasteiger partial charge in [0.15, 0.2) is 11.5 Å². The van der Waals surface area contributed by atoms with Crippen LogP contribution >= 0.6 is 0 Å². The molecule has 1 saturated heterocycles. The summed E-state index contributed by atoms with van der Waals surface area (Å²) in [5, 5.41) is 6.96. The first-order chi connectivity index (χ1) is 16.1. The number of hydrogen-bond donors (Lipinski definition) is 1. The van der Waals surface area contributed by atoms with Crippen LogP contribution in [0.3, 0.4) is 0 Å². The molecule has 0 saturated carbocycles. The van der Waals surface area contributed by atoms with Crippen LogP contribution in [0.2, 0.25) is 0 Å². The minimum absolute atomic E-state index is 0.0865. The van der Waals surface area contributed by atoms with Crippen LogP contribution in [0.25, 0.3) is 11.4 Å². The van der Waals surface area contributed by atoms with Gasteiger partial charge in [0, 0.05) is 50.9 Å². The van der Waals surface area contributed by atoms with Crippen molar-refractivity contribution < 1.29 is 18.8 Å². The number of rotatable bonds is 7. The number of hydrogen-bond acceptors (Lipinski definition) is 8. The van der Waals surface area contributed by atoms with Crippen molar-refractivity contribution in [3.05, 3.63) is 48.0 Å². The molecule has 1 aromatic carbocycles. The zero-order valence-electron chi connectivity index (χ0n) is 19.1. The van der Waals surface area contributed by atoms with Gasteiger partial charge in [-0.25, -0.2) is 9.78 Å². The topological polar surface area (TPSA) is 106 Å². The van der Waals surface area contributed by atoms with Crippen LogP contribution in [0.15, 0.2) is 41.1 Å². The lowest BCUT2D eigenvalue weighted by Crippen LogP contribution is -2.51. The number of ether oxygens (including phenoxy) is 2. The number of pyridine rings is 1. The van der Waals surface area contributed by atoms with Crippen LogP contribution in [-0.4, -0.2) is 66.5 Å². The van der Waals surface area contributed by atoms with Gasteiger partial charge in [-0.05, 0) is 29.8 Å². The van der Waals surface area contributed by atoms with Crippen molar-refractivity contribution >= 4 is 11.8 Å². The minimum atomic E-state index is -0.0865. The number of benzene rings is 1. The van der Waals surface area contributed by atoms with Crippen molar-refractivity contribution in [3.8, 4) is 22.9 Å². The third kappa shape index (κ3) is 5.16. The highest BCUT2D eigenvalue weighted by Crippen LogP contribution is 2.27. The fourth-order valence-corrected chi connectivity index (χ4v) is 3.64. The molecule has 174 valence electrons. The van der Waals surface area contributed by atoms with Crippen LogP contribution in [0, 0.1) is 0 Å². The Bertz CT molecular complexity index is 1080. The highest BCUT2D eigenvalue weighted by atomic mass is 16.5. The van der Waals surface area contributed by atoms with Crippen molar-refractivity contribution in [3.63, 3.8) is 0 Å². The number of carbonyl (C=O) groups is 1. The van der Waals surface area contributed by atoms with Crippen molar-refractivity contribution in [2.24, 2.45) is 0 Å². The Morgan fingerprint density at radius 1 is 1.09 bits per heavy atom. The third-order valence-corrected chi connectivity index (χ3v) is 5.56. The summed E-state index contributed by atoms with van der Waals surface area (Å²) in [6.45, 7) is 5.03. The normalized spacial score (nSPS) is 13.7. The lowest BCUT2D eigenvalue weighted by atomic mass is 10.2. The molecule has 0 spiro atoms. The maximum Gasteiger partial charge on any atom is 0.317 e. The quantitative estimate of drug-likeness (QED) is 0.583. The fraction of sp³-hybridized carbons (Fsp3) is 0.391. The van der Waals surface area contributed by atoms with Gasteiger partial charge >= 0.3 is 6.03 Å². The smallest absolute Gasteiger partial charge is 0.317 e. The first kappa shape index (κ1) is 22.4. The van der Waals surface area contributed by atoms with E-state index in [1.807, 2.05) is 42.2 Å².